The molecule has 0 aromatic heterocycles. The predicted molar refractivity (Wildman–Crippen MR) is 62.8 cm³/mol. The molecule has 0 radical (unpaired) electrons. The molecule has 1 aliphatic heterocycles. The molecule has 0 aliphatic carbocycles. The van der Waals surface area contributed by atoms with Crippen LogP contribution in [-0.4, -0.2) is 18.2 Å². The maximum absolute atomic E-state index is 12.7. The second-order valence-electron chi connectivity index (χ2n) is 4.51. The molecule has 2 rings (SSSR count). The Morgan fingerprint density at radius 2 is 1.89 bits per heavy atom. The first kappa shape index (κ1) is 13.6. The number of Topliss-reactive ketones (excluding diaryl/α,β-unsaturated/α-hetero) is 1. The second kappa shape index (κ2) is 4.68. The molecule has 0 bridgehead atoms. The largest absolute Gasteiger partial charge is 0.416 e. The number of hydrogen-bond donors (Lipinski definition) is 0. The van der Waals surface area contributed by atoms with Crippen LogP contribution < -0.4 is 4.90 Å². The SMILES string of the molecule is Cc1ccc(C(F)(F)F)cc1N1CCC(=O)CC1=O. The first-order valence-corrected chi connectivity index (χ1v) is 5.79. The molecule has 0 saturated carbocycles. The summed E-state index contributed by atoms with van der Waals surface area (Å²) in [5.41, 5.74) is 0.0147. The number of anilines is 1. The number of piperidine rings is 1. The summed E-state index contributed by atoms with van der Waals surface area (Å²) in [6.07, 6.45) is -4.51. The molecule has 1 aromatic carbocycles. The Balaban J connectivity index is 2.39. The van der Waals surface area contributed by atoms with Gasteiger partial charge >= 0.3 is 6.18 Å². The molecule has 1 amide bonds. The lowest BCUT2D eigenvalue weighted by molar-refractivity contribution is -0.137. The van der Waals surface area contributed by atoms with E-state index in [1.54, 1.807) is 6.92 Å². The lowest BCUT2D eigenvalue weighted by Crippen LogP contribution is -2.39. The summed E-state index contributed by atoms with van der Waals surface area (Å²) >= 11 is 0. The van der Waals surface area contributed by atoms with E-state index < -0.39 is 17.6 Å². The third-order valence-electron chi connectivity index (χ3n) is 3.09. The standard InChI is InChI=1S/C13H12F3NO2/c1-8-2-3-9(13(14,15)16)6-11(8)17-5-4-10(18)7-12(17)19/h2-3,6H,4-5,7H2,1H3. The first-order chi connectivity index (χ1) is 8.79. The lowest BCUT2D eigenvalue weighted by Gasteiger charge is -2.28. The number of alkyl halides is 3. The molecule has 1 aromatic rings. The third-order valence-corrected chi connectivity index (χ3v) is 3.09. The van der Waals surface area contributed by atoms with Crippen LogP contribution in [-0.2, 0) is 15.8 Å². The van der Waals surface area contributed by atoms with Crippen LogP contribution in [0, 0.1) is 6.92 Å². The normalized spacial score (nSPS) is 16.9. The van der Waals surface area contributed by atoms with Crippen LogP contribution >= 0.6 is 0 Å². The summed E-state index contributed by atoms with van der Waals surface area (Å²) in [7, 11) is 0. The van der Waals surface area contributed by atoms with E-state index in [-0.39, 0.29) is 30.9 Å². The minimum absolute atomic E-state index is 0.139. The van der Waals surface area contributed by atoms with Gasteiger partial charge in [-0.3, -0.25) is 9.59 Å². The van der Waals surface area contributed by atoms with E-state index >= 15 is 0 Å². The van der Waals surface area contributed by atoms with Crippen molar-refractivity contribution < 1.29 is 22.8 Å². The van der Waals surface area contributed by atoms with Crippen LogP contribution in [0.4, 0.5) is 18.9 Å². The minimum atomic E-state index is -4.45. The van der Waals surface area contributed by atoms with E-state index in [1.807, 2.05) is 0 Å². The van der Waals surface area contributed by atoms with E-state index in [2.05, 4.69) is 0 Å². The Morgan fingerprint density at radius 3 is 2.47 bits per heavy atom. The van der Waals surface area contributed by atoms with Crippen LogP contribution in [0.25, 0.3) is 0 Å². The summed E-state index contributed by atoms with van der Waals surface area (Å²) in [4.78, 5) is 24.1. The van der Waals surface area contributed by atoms with E-state index in [1.165, 1.54) is 11.0 Å². The van der Waals surface area contributed by atoms with Gasteiger partial charge in [-0.25, -0.2) is 0 Å². The number of ketones is 1. The average Bonchev–Trinajstić information content (AvgIpc) is 2.29. The quantitative estimate of drug-likeness (QED) is 0.736. The van der Waals surface area contributed by atoms with Crippen molar-refractivity contribution in [1.29, 1.82) is 0 Å². The third kappa shape index (κ3) is 2.77. The predicted octanol–water partition coefficient (Wildman–Crippen LogP) is 2.71. The topological polar surface area (TPSA) is 37.4 Å². The highest BCUT2D eigenvalue weighted by atomic mass is 19.4. The molecule has 3 nitrogen and oxygen atoms in total. The van der Waals surface area contributed by atoms with Gasteiger partial charge in [-0.05, 0) is 24.6 Å². The highest BCUT2D eigenvalue weighted by Gasteiger charge is 2.33. The Hall–Kier alpha value is -1.85. The van der Waals surface area contributed by atoms with Crippen molar-refractivity contribution in [2.24, 2.45) is 0 Å². The summed E-state index contributed by atoms with van der Waals surface area (Å²) in [5.74, 6) is -0.621. The molecular weight excluding hydrogens is 259 g/mol. The zero-order chi connectivity index (χ0) is 14.2. The monoisotopic (exact) mass is 271 g/mol. The number of benzene rings is 1. The molecule has 1 saturated heterocycles. The van der Waals surface area contributed by atoms with Gasteiger partial charge in [0.05, 0.1) is 12.0 Å². The minimum Gasteiger partial charge on any atom is -0.311 e. The number of hydrogen-bond acceptors (Lipinski definition) is 2. The smallest absolute Gasteiger partial charge is 0.311 e. The van der Waals surface area contributed by atoms with Crippen LogP contribution in [0.15, 0.2) is 18.2 Å². The van der Waals surface area contributed by atoms with E-state index in [4.69, 9.17) is 0 Å². The highest BCUT2D eigenvalue weighted by molar-refractivity contribution is 6.08. The molecule has 6 heteroatoms. The van der Waals surface area contributed by atoms with Gasteiger partial charge in [0.2, 0.25) is 5.91 Å². The Kier molecular flexibility index (Phi) is 3.34. The van der Waals surface area contributed by atoms with Gasteiger partial charge in [0, 0.05) is 18.7 Å². The molecule has 0 N–H and O–H groups in total. The molecule has 1 fully saturated rings. The molecule has 19 heavy (non-hydrogen) atoms. The number of amides is 1. The fourth-order valence-electron chi connectivity index (χ4n) is 2.05. The van der Waals surface area contributed by atoms with Crippen molar-refractivity contribution in [3.8, 4) is 0 Å². The summed E-state index contributed by atoms with van der Waals surface area (Å²) in [6, 6.07) is 3.28. The lowest BCUT2D eigenvalue weighted by atomic mass is 10.0. The van der Waals surface area contributed by atoms with Gasteiger partial charge in [-0.1, -0.05) is 6.07 Å². The zero-order valence-electron chi connectivity index (χ0n) is 10.3. The average molecular weight is 271 g/mol. The second-order valence-corrected chi connectivity index (χ2v) is 4.51. The molecule has 0 spiro atoms. The summed E-state index contributed by atoms with van der Waals surface area (Å²) in [6.45, 7) is 1.78. The van der Waals surface area contributed by atoms with Crippen molar-refractivity contribution in [2.45, 2.75) is 25.9 Å². The summed E-state index contributed by atoms with van der Waals surface area (Å²) in [5, 5.41) is 0. The van der Waals surface area contributed by atoms with Gasteiger partial charge in [0.15, 0.2) is 0 Å². The van der Waals surface area contributed by atoms with Crippen molar-refractivity contribution in [3.63, 3.8) is 0 Å². The number of rotatable bonds is 1. The number of aryl methyl sites for hydroxylation is 1. The molecular formula is C13H12F3NO2. The van der Waals surface area contributed by atoms with E-state index in [0.29, 0.717) is 5.56 Å². The molecule has 0 unspecified atom stereocenters. The molecule has 102 valence electrons. The van der Waals surface area contributed by atoms with Gasteiger partial charge in [0.1, 0.15) is 5.78 Å². The van der Waals surface area contributed by atoms with Gasteiger partial charge in [0.25, 0.3) is 0 Å². The number of halogens is 3. The van der Waals surface area contributed by atoms with E-state index in [0.717, 1.165) is 12.1 Å². The summed E-state index contributed by atoms with van der Waals surface area (Å²) < 4.78 is 38.0. The molecule has 1 heterocycles. The number of nitrogens with zero attached hydrogens (tertiary/aromatic N) is 1. The maximum atomic E-state index is 12.7. The van der Waals surface area contributed by atoms with Crippen LogP contribution in [0.2, 0.25) is 0 Å². The fraction of sp³-hybridized carbons (Fsp3) is 0.385. The Labute approximate surface area is 108 Å². The van der Waals surface area contributed by atoms with Crippen LogP contribution in [0.5, 0.6) is 0 Å². The molecule has 0 atom stereocenters. The van der Waals surface area contributed by atoms with Crippen molar-refractivity contribution >= 4 is 17.4 Å². The van der Waals surface area contributed by atoms with Crippen LogP contribution in [0.1, 0.15) is 24.0 Å². The van der Waals surface area contributed by atoms with Crippen molar-refractivity contribution in [3.05, 3.63) is 29.3 Å². The Morgan fingerprint density at radius 1 is 1.21 bits per heavy atom. The van der Waals surface area contributed by atoms with Crippen molar-refractivity contribution in [1.82, 2.24) is 0 Å². The zero-order valence-corrected chi connectivity index (χ0v) is 10.3. The van der Waals surface area contributed by atoms with Crippen molar-refractivity contribution in [2.75, 3.05) is 11.4 Å². The fourth-order valence-corrected chi connectivity index (χ4v) is 2.05. The number of carbonyl (C=O) groups excluding carboxylic acids is 2. The number of carbonyl (C=O) groups is 2. The van der Waals surface area contributed by atoms with Gasteiger partial charge < -0.3 is 4.90 Å². The van der Waals surface area contributed by atoms with Gasteiger partial charge in [-0.2, -0.15) is 13.2 Å². The van der Waals surface area contributed by atoms with E-state index in [9.17, 15) is 22.8 Å². The van der Waals surface area contributed by atoms with Gasteiger partial charge in [-0.15, -0.1) is 0 Å². The maximum Gasteiger partial charge on any atom is 0.416 e. The van der Waals surface area contributed by atoms with Crippen LogP contribution in [0.3, 0.4) is 0 Å². The Bertz CT molecular complexity index is 537. The highest BCUT2D eigenvalue weighted by Crippen LogP contribution is 2.34. The first-order valence-electron chi connectivity index (χ1n) is 5.79. The molecule has 1 aliphatic rings.